The van der Waals surface area contributed by atoms with Crippen LogP contribution in [0.1, 0.15) is 18.2 Å². The van der Waals surface area contributed by atoms with Crippen LogP contribution in [0.2, 0.25) is 0 Å². The lowest BCUT2D eigenvalue weighted by atomic mass is 9.96. The number of furan rings is 2. The van der Waals surface area contributed by atoms with Gasteiger partial charge in [-0.1, -0.05) is 127 Å². The summed E-state index contributed by atoms with van der Waals surface area (Å²) in [5.74, 6) is 2.05. The van der Waals surface area contributed by atoms with Crippen molar-refractivity contribution in [3.63, 3.8) is 0 Å². The van der Waals surface area contributed by atoms with E-state index in [4.69, 9.17) is 23.8 Å². The summed E-state index contributed by atoms with van der Waals surface area (Å²) < 4.78 is 13.1. The molecule has 56 heavy (non-hydrogen) atoms. The summed E-state index contributed by atoms with van der Waals surface area (Å²) in [5, 5.41) is 11.3. The van der Waals surface area contributed by atoms with Gasteiger partial charge >= 0.3 is 0 Å². The molecule has 0 spiro atoms. The number of para-hydroxylation sites is 1. The zero-order valence-electron chi connectivity index (χ0n) is 30.1. The van der Waals surface area contributed by atoms with E-state index in [1.165, 1.54) is 32.3 Å². The molecule has 262 valence electrons. The largest absolute Gasteiger partial charge is 0.456 e. The van der Waals surface area contributed by atoms with Gasteiger partial charge in [0.25, 0.3) is 0 Å². The van der Waals surface area contributed by atoms with E-state index < -0.39 is 0 Å². The zero-order chi connectivity index (χ0) is 36.7. The number of allylic oxidation sites excluding steroid dienone is 4. The average Bonchev–Trinajstić information content (AvgIpc) is 3.85. The number of hydrogen-bond donors (Lipinski definition) is 0. The van der Waals surface area contributed by atoms with Crippen LogP contribution in [-0.2, 0) is 0 Å². The number of rotatable bonds is 4. The third kappa shape index (κ3) is 4.77. The summed E-state index contributed by atoms with van der Waals surface area (Å²) in [4.78, 5) is 15.7. The van der Waals surface area contributed by atoms with E-state index in [1.54, 1.807) is 0 Å². The molecule has 5 nitrogen and oxygen atoms in total. The molecule has 8 aromatic carbocycles. The van der Waals surface area contributed by atoms with Crippen LogP contribution < -0.4 is 0 Å². The summed E-state index contributed by atoms with van der Waals surface area (Å²) in [5.41, 5.74) is 7.24. The van der Waals surface area contributed by atoms with Crippen molar-refractivity contribution in [2.75, 3.05) is 0 Å². The Morgan fingerprint density at radius 2 is 1.11 bits per heavy atom. The van der Waals surface area contributed by atoms with Crippen molar-refractivity contribution >= 4 is 76.2 Å². The van der Waals surface area contributed by atoms with Crippen LogP contribution in [0.3, 0.4) is 0 Å². The summed E-state index contributed by atoms with van der Waals surface area (Å²) >= 11 is 0. The molecule has 0 saturated heterocycles. The standard InChI is InChI=1S/C51H31N3O2/c1-2-12-33(13-3-1)49-52-50(35-21-20-32-19-18-30-10-4-6-14-36(30)41(32)29-35)54-51(53-49)40-25-24-38(48-47(40)39-16-8-9-17-43(39)56-48)34-23-26-44-42(28-34)46-37-15-7-5-11-31(37)22-27-45(46)55-44/h1-12,14-29,33H,13H2. The molecular weight excluding hydrogens is 687 g/mol. The van der Waals surface area contributed by atoms with Crippen molar-refractivity contribution < 1.29 is 8.83 Å². The monoisotopic (exact) mass is 717 g/mol. The predicted octanol–water partition coefficient (Wildman–Crippen LogP) is 13.7. The molecule has 12 rings (SSSR count). The number of hydrogen-bond acceptors (Lipinski definition) is 5. The van der Waals surface area contributed by atoms with Gasteiger partial charge in [-0.05, 0) is 86.8 Å². The van der Waals surface area contributed by atoms with Crippen LogP contribution in [-0.4, -0.2) is 15.0 Å². The maximum absolute atomic E-state index is 6.79. The van der Waals surface area contributed by atoms with Crippen molar-refractivity contribution in [1.29, 1.82) is 0 Å². The van der Waals surface area contributed by atoms with E-state index in [0.717, 1.165) is 78.4 Å². The van der Waals surface area contributed by atoms with E-state index in [-0.39, 0.29) is 5.92 Å². The Kier molecular flexibility index (Phi) is 6.69. The van der Waals surface area contributed by atoms with Gasteiger partial charge in [0.1, 0.15) is 28.2 Å². The van der Waals surface area contributed by atoms with Crippen LogP contribution in [0.5, 0.6) is 0 Å². The lowest BCUT2D eigenvalue weighted by Gasteiger charge is -2.15. The zero-order valence-corrected chi connectivity index (χ0v) is 30.1. The van der Waals surface area contributed by atoms with Crippen LogP contribution in [0, 0.1) is 0 Å². The van der Waals surface area contributed by atoms with Gasteiger partial charge in [0, 0.05) is 44.2 Å². The first-order chi connectivity index (χ1) is 27.7. The lowest BCUT2D eigenvalue weighted by molar-refractivity contribution is 0.668. The Morgan fingerprint density at radius 3 is 1.98 bits per heavy atom. The summed E-state index contributed by atoms with van der Waals surface area (Å²) in [6.45, 7) is 0. The highest BCUT2D eigenvalue weighted by atomic mass is 16.3. The molecule has 1 aliphatic carbocycles. The number of nitrogens with zero attached hydrogens (tertiary/aromatic N) is 3. The van der Waals surface area contributed by atoms with Gasteiger partial charge in [-0.2, -0.15) is 0 Å². The van der Waals surface area contributed by atoms with Crippen molar-refractivity contribution in [3.05, 3.63) is 176 Å². The predicted molar refractivity (Wildman–Crippen MR) is 229 cm³/mol. The van der Waals surface area contributed by atoms with Crippen LogP contribution in [0.4, 0.5) is 0 Å². The van der Waals surface area contributed by atoms with Crippen molar-refractivity contribution in [3.8, 4) is 33.9 Å². The van der Waals surface area contributed by atoms with Gasteiger partial charge in [0.2, 0.25) is 0 Å². The highest BCUT2D eigenvalue weighted by molar-refractivity contribution is 6.20. The van der Waals surface area contributed by atoms with E-state index in [0.29, 0.717) is 11.6 Å². The Morgan fingerprint density at radius 1 is 0.446 bits per heavy atom. The van der Waals surface area contributed by atoms with Gasteiger partial charge < -0.3 is 8.83 Å². The highest BCUT2D eigenvalue weighted by Crippen LogP contribution is 2.44. The van der Waals surface area contributed by atoms with Crippen molar-refractivity contribution in [2.45, 2.75) is 12.3 Å². The Balaban J connectivity index is 1.09. The Hall–Kier alpha value is -7.37. The number of aromatic nitrogens is 3. The second-order valence-electron chi connectivity index (χ2n) is 14.7. The van der Waals surface area contributed by atoms with Gasteiger partial charge in [0.15, 0.2) is 11.6 Å². The molecule has 3 aromatic heterocycles. The molecule has 0 bridgehead atoms. The van der Waals surface area contributed by atoms with Crippen LogP contribution in [0.15, 0.2) is 179 Å². The first kappa shape index (κ1) is 31.0. The number of fused-ring (bicyclic) bond motifs is 11. The molecular formula is C51H31N3O2. The molecule has 0 radical (unpaired) electrons. The fourth-order valence-corrected chi connectivity index (χ4v) is 8.68. The Bertz CT molecular complexity index is 3480. The highest BCUT2D eigenvalue weighted by Gasteiger charge is 2.23. The lowest BCUT2D eigenvalue weighted by Crippen LogP contribution is -2.08. The van der Waals surface area contributed by atoms with E-state index in [2.05, 4.69) is 158 Å². The third-order valence-corrected chi connectivity index (χ3v) is 11.4. The maximum atomic E-state index is 6.79. The number of benzene rings is 8. The van der Waals surface area contributed by atoms with Crippen molar-refractivity contribution in [1.82, 2.24) is 15.0 Å². The molecule has 0 fully saturated rings. The normalized spacial score (nSPS) is 14.4. The molecule has 0 amide bonds. The summed E-state index contributed by atoms with van der Waals surface area (Å²) in [6.07, 6.45) is 9.35. The quantitative estimate of drug-likeness (QED) is 0.170. The maximum Gasteiger partial charge on any atom is 0.164 e. The molecule has 1 unspecified atom stereocenters. The smallest absolute Gasteiger partial charge is 0.164 e. The van der Waals surface area contributed by atoms with E-state index in [9.17, 15) is 0 Å². The topological polar surface area (TPSA) is 65.0 Å². The fourth-order valence-electron chi connectivity index (χ4n) is 8.68. The fraction of sp³-hybridized carbons (Fsp3) is 0.0392. The minimum absolute atomic E-state index is 0.0326. The van der Waals surface area contributed by atoms with Crippen molar-refractivity contribution in [2.24, 2.45) is 0 Å². The molecule has 0 saturated carbocycles. The second-order valence-corrected chi connectivity index (χ2v) is 14.7. The first-order valence-corrected chi connectivity index (χ1v) is 19.0. The molecule has 5 heteroatoms. The van der Waals surface area contributed by atoms with Crippen LogP contribution >= 0.6 is 0 Å². The molecule has 11 aromatic rings. The average molecular weight is 718 g/mol. The minimum Gasteiger partial charge on any atom is -0.456 e. The molecule has 1 atom stereocenters. The van der Waals surface area contributed by atoms with Gasteiger partial charge in [-0.3, -0.25) is 0 Å². The summed E-state index contributed by atoms with van der Waals surface area (Å²) in [7, 11) is 0. The molecule has 1 aliphatic rings. The van der Waals surface area contributed by atoms with E-state index >= 15 is 0 Å². The summed E-state index contributed by atoms with van der Waals surface area (Å²) in [6, 6.07) is 51.1. The SMILES string of the molecule is C1=CCC(c2nc(-c3ccc4ccc5ccccc5c4c3)nc(-c3ccc(-c4ccc5oc6ccc7ccccc7c6c5c4)c4oc5ccccc5c34)n2)C=C1. The minimum atomic E-state index is 0.0326. The van der Waals surface area contributed by atoms with E-state index in [1.807, 2.05) is 12.1 Å². The van der Waals surface area contributed by atoms with Gasteiger partial charge in [-0.15, -0.1) is 0 Å². The van der Waals surface area contributed by atoms with Gasteiger partial charge in [0.05, 0.1) is 0 Å². The second kappa shape index (κ2) is 12.1. The molecule has 0 N–H and O–H groups in total. The Labute approximate surface area is 320 Å². The van der Waals surface area contributed by atoms with Gasteiger partial charge in [-0.25, -0.2) is 15.0 Å². The van der Waals surface area contributed by atoms with Crippen LogP contribution in [0.25, 0.3) is 110 Å². The first-order valence-electron chi connectivity index (χ1n) is 19.0. The molecule has 3 heterocycles. The molecule has 0 aliphatic heterocycles. The third-order valence-electron chi connectivity index (χ3n) is 11.4.